The third-order valence-corrected chi connectivity index (χ3v) is 11.7. The Hall–Kier alpha value is -4.57. The van der Waals surface area contributed by atoms with Gasteiger partial charge in [0.1, 0.15) is 13.2 Å². The molecule has 0 saturated carbocycles. The number of hydrogen-bond acceptors (Lipinski definition) is 8. The van der Waals surface area contributed by atoms with Gasteiger partial charge in [-0.25, -0.2) is 0 Å². The first kappa shape index (κ1) is 69.4. The topological polar surface area (TPSA) is 111 Å². The van der Waals surface area contributed by atoms with Crippen molar-refractivity contribution < 1.29 is 42.9 Å². The first-order valence-corrected chi connectivity index (χ1v) is 28.8. The molecule has 0 heterocycles. The van der Waals surface area contributed by atoms with Gasteiger partial charge in [-0.1, -0.05) is 225 Å². The molecule has 0 fully saturated rings. The maximum absolute atomic E-state index is 12.8. The lowest BCUT2D eigenvalue weighted by atomic mass is 10.1. The fraction of sp³-hybridized carbons (Fsp3) is 0.615. The summed E-state index contributed by atoms with van der Waals surface area (Å²) in [5.74, 6) is -2.32. The van der Waals surface area contributed by atoms with E-state index < -0.39 is 24.3 Å². The Kier molecular flexibility index (Phi) is 51.3. The number of likely N-dealkylation sites (N-methyl/N-ethyl adjacent to an activating group) is 1. The van der Waals surface area contributed by atoms with Crippen molar-refractivity contribution in [2.24, 2.45) is 0 Å². The van der Waals surface area contributed by atoms with Gasteiger partial charge in [0, 0.05) is 12.8 Å². The summed E-state index contributed by atoms with van der Waals surface area (Å²) in [4.78, 5) is 37.0. The Balaban J connectivity index is 4.11. The number of quaternary nitrogens is 1. The van der Waals surface area contributed by atoms with E-state index in [9.17, 15) is 19.5 Å². The zero-order valence-corrected chi connectivity index (χ0v) is 47.4. The molecule has 0 aliphatic carbocycles. The van der Waals surface area contributed by atoms with Crippen LogP contribution >= 0.6 is 0 Å². The van der Waals surface area contributed by atoms with Crippen LogP contribution in [0.3, 0.4) is 0 Å². The van der Waals surface area contributed by atoms with E-state index in [1.54, 1.807) is 0 Å². The number of carboxylic acid groups (broad SMARTS) is 1. The van der Waals surface area contributed by atoms with Gasteiger partial charge in [-0.15, -0.1) is 0 Å². The monoisotopic (exact) mass is 1030 g/mol. The van der Waals surface area contributed by atoms with Gasteiger partial charge in [-0.05, 0) is 96.3 Å². The van der Waals surface area contributed by atoms with E-state index in [2.05, 4.69) is 148 Å². The molecule has 0 aliphatic rings. The van der Waals surface area contributed by atoms with Gasteiger partial charge in [0.05, 0.1) is 40.3 Å². The SMILES string of the molecule is CC/C=C\C/C=C\C/C=C\C/C=C\C/C=C\C/C=C\C/C=C\C/C=C\C/C=C\C/C=C\C/C=C\CCCCCCCCCC(=O)OC(COC(=O)CCCCCCCCCC)COC(OCC[N+](C)(C)C)C(=O)[O-]. The van der Waals surface area contributed by atoms with Crippen molar-refractivity contribution in [3.05, 3.63) is 134 Å². The van der Waals surface area contributed by atoms with Crippen LogP contribution < -0.4 is 5.11 Å². The largest absolute Gasteiger partial charge is 0.545 e. The smallest absolute Gasteiger partial charge is 0.306 e. The van der Waals surface area contributed by atoms with Gasteiger partial charge in [-0.3, -0.25) is 9.59 Å². The molecule has 0 amide bonds. The van der Waals surface area contributed by atoms with Crippen LogP contribution in [0.2, 0.25) is 0 Å². The van der Waals surface area contributed by atoms with Crippen molar-refractivity contribution in [2.75, 3.05) is 47.5 Å². The molecule has 74 heavy (non-hydrogen) atoms. The van der Waals surface area contributed by atoms with E-state index in [0.29, 0.717) is 17.4 Å². The van der Waals surface area contributed by atoms with Crippen LogP contribution in [0.1, 0.15) is 200 Å². The van der Waals surface area contributed by atoms with Crippen molar-refractivity contribution in [1.29, 1.82) is 0 Å². The summed E-state index contributed by atoms with van der Waals surface area (Å²) in [6.45, 7) is 4.55. The number of allylic oxidation sites excluding steroid dienone is 22. The molecule has 2 atom stereocenters. The van der Waals surface area contributed by atoms with E-state index in [0.717, 1.165) is 116 Å². The Morgan fingerprint density at radius 3 is 1.15 bits per heavy atom. The maximum atomic E-state index is 12.8. The summed E-state index contributed by atoms with van der Waals surface area (Å²) in [5, 5.41) is 11.7. The Morgan fingerprint density at radius 1 is 0.419 bits per heavy atom. The molecule has 2 unspecified atom stereocenters. The number of carboxylic acids is 1. The number of ether oxygens (including phenoxy) is 4. The second-order valence-corrected chi connectivity index (χ2v) is 19.9. The molecule has 0 rings (SSSR count). The minimum Gasteiger partial charge on any atom is -0.545 e. The lowest BCUT2D eigenvalue weighted by Gasteiger charge is -2.26. The molecule has 0 aromatic heterocycles. The average Bonchev–Trinajstić information content (AvgIpc) is 3.37. The van der Waals surface area contributed by atoms with Gasteiger partial charge in [0.25, 0.3) is 0 Å². The molecule has 418 valence electrons. The number of carbonyl (C=O) groups is 3. The van der Waals surface area contributed by atoms with Crippen molar-refractivity contribution in [3.63, 3.8) is 0 Å². The normalized spacial score (nSPS) is 13.8. The van der Waals surface area contributed by atoms with Crippen LogP contribution in [0.25, 0.3) is 0 Å². The quantitative estimate of drug-likeness (QED) is 0.0195. The molecule has 0 aromatic rings. The summed E-state index contributed by atoms with van der Waals surface area (Å²) < 4.78 is 22.5. The van der Waals surface area contributed by atoms with Gasteiger partial charge in [0.15, 0.2) is 12.4 Å². The molecule has 0 bridgehead atoms. The van der Waals surface area contributed by atoms with Crippen molar-refractivity contribution in [2.45, 2.75) is 212 Å². The summed E-state index contributed by atoms with van der Waals surface area (Å²) in [5.41, 5.74) is 0. The predicted octanol–water partition coefficient (Wildman–Crippen LogP) is 15.7. The van der Waals surface area contributed by atoms with Crippen molar-refractivity contribution in [1.82, 2.24) is 0 Å². The van der Waals surface area contributed by atoms with Crippen LogP contribution in [0, 0.1) is 0 Å². The number of unbranched alkanes of at least 4 members (excludes halogenated alkanes) is 14. The van der Waals surface area contributed by atoms with Crippen LogP contribution in [-0.4, -0.2) is 82.3 Å². The number of rotatable bonds is 51. The molecule has 0 saturated heterocycles. The minimum atomic E-state index is -1.63. The highest BCUT2D eigenvalue weighted by atomic mass is 16.7. The summed E-state index contributed by atoms with van der Waals surface area (Å²) in [7, 11) is 5.90. The fourth-order valence-corrected chi connectivity index (χ4v) is 7.24. The molecule has 0 aliphatic heterocycles. The summed E-state index contributed by atoms with van der Waals surface area (Å²) in [6, 6.07) is 0. The zero-order chi connectivity index (χ0) is 54.1. The molecular weight excluding hydrogens is 923 g/mol. The van der Waals surface area contributed by atoms with Gasteiger partial charge in [-0.2, -0.15) is 0 Å². The number of hydrogen-bond donors (Lipinski definition) is 0. The first-order chi connectivity index (χ1) is 36.1. The van der Waals surface area contributed by atoms with E-state index >= 15 is 0 Å². The van der Waals surface area contributed by atoms with Gasteiger partial charge >= 0.3 is 11.9 Å². The lowest BCUT2D eigenvalue weighted by molar-refractivity contribution is -0.870. The Morgan fingerprint density at radius 2 is 0.770 bits per heavy atom. The highest BCUT2D eigenvalue weighted by molar-refractivity contribution is 5.70. The minimum absolute atomic E-state index is 0.140. The van der Waals surface area contributed by atoms with Crippen LogP contribution in [-0.2, 0) is 33.3 Å². The van der Waals surface area contributed by atoms with Crippen LogP contribution in [0.15, 0.2) is 134 Å². The molecule has 9 heteroatoms. The van der Waals surface area contributed by atoms with Gasteiger partial charge in [0.2, 0.25) is 0 Å². The first-order valence-electron chi connectivity index (χ1n) is 28.8. The number of esters is 2. The molecule has 0 aromatic carbocycles. The van der Waals surface area contributed by atoms with E-state index in [1.807, 2.05) is 21.1 Å². The second kappa shape index (κ2) is 54.7. The van der Waals surface area contributed by atoms with Crippen LogP contribution in [0.5, 0.6) is 0 Å². The van der Waals surface area contributed by atoms with Crippen molar-refractivity contribution in [3.8, 4) is 0 Å². The van der Waals surface area contributed by atoms with Crippen LogP contribution in [0.4, 0.5) is 0 Å². The summed E-state index contributed by atoms with van der Waals surface area (Å²) in [6.07, 6.45) is 75.3. The molecule has 0 N–H and O–H groups in total. The van der Waals surface area contributed by atoms with Crippen molar-refractivity contribution >= 4 is 17.9 Å². The lowest BCUT2D eigenvalue weighted by Crippen LogP contribution is -2.44. The summed E-state index contributed by atoms with van der Waals surface area (Å²) >= 11 is 0. The number of aliphatic carboxylic acids is 1. The molecule has 9 nitrogen and oxygen atoms in total. The Labute approximate surface area is 452 Å². The fourth-order valence-electron chi connectivity index (χ4n) is 7.24. The highest BCUT2D eigenvalue weighted by Gasteiger charge is 2.22. The predicted molar refractivity (Wildman–Crippen MR) is 310 cm³/mol. The molecular formula is C65H105NO8. The van der Waals surface area contributed by atoms with E-state index in [-0.39, 0.29) is 38.6 Å². The average molecular weight is 1030 g/mol. The standard InChI is InChI=1S/C65H105NO8/c1-6-8-10-12-14-16-17-18-19-20-21-22-23-24-25-26-27-28-29-30-31-32-33-34-35-36-37-38-39-40-41-42-43-44-45-46-47-48-50-52-54-56-63(68)74-61(60-73-65(64(69)70)71-58-57-66(3,4)5)59-72-62(67)55-53-51-49-15-13-11-9-7-2/h8,10,14,16,18-19,21-22,24-25,27-28,30-31,33-34,36-37,39-40,42-43,61,65H,6-7,9,11-13,15,17,20,23,26,29,32,35,38,41,44-60H2,1-5H3/b10-8-,16-14-,19-18-,22-21-,25-24-,28-27-,31-30-,34-33-,37-36-,40-39-,43-42-. The molecule has 0 spiro atoms. The second-order valence-electron chi connectivity index (χ2n) is 19.9. The van der Waals surface area contributed by atoms with E-state index in [4.69, 9.17) is 18.9 Å². The third kappa shape index (κ3) is 55.2. The Bertz CT molecular complexity index is 1670. The number of carbonyl (C=O) groups excluding carboxylic acids is 3. The zero-order valence-electron chi connectivity index (χ0n) is 47.4. The highest BCUT2D eigenvalue weighted by Crippen LogP contribution is 2.13. The molecule has 0 radical (unpaired) electrons. The van der Waals surface area contributed by atoms with E-state index in [1.165, 1.54) is 51.4 Å². The number of nitrogens with zero attached hydrogens (tertiary/aromatic N) is 1. The third-order valence-electron chi connectivity index (χ3n) is 11.7. The maximum Gasteiger partial charge on any atom is 0.306 e. The van der Waals surface area contributed by atoms with Gasteiger partial charge < -0.3 is 33.3 Å².